The highest BCUT2D eigenvalue weighted by Crippen LogP contribution is 2.29. The van der Waals surface area contributed by atoms with E-state index in [1.54, 1.807) is 9.80 Å². The van der Waals surface area contributed by atoms with Crippen LogP contribution in [0, 0.1) is 12.8 Å². The van der Waals surface area contributed by atoms with Gasteiger partial charge in [-0.15, -0.1) is 10.2 Å². The van der Waals surface area contributed by atoms with E-state index in [0.29, 0.717) is 42.3 Å². The van der Waals surface area contributed by atoms with Gasteiger partial charge in [-0.05, 0) is 24.6 Å². The zero-order valence-electron chi connectivity index (χ0n) is 17.1. The molecule has 164 valence electrons. The summed E-state index contributed by atoms with van der Waals surface area (Å²) in [6.45, 7) is 4.65. The van der Waals surface area contributed by atoms with Gasteiger partial charge in [0.1, 0.15) is 0 Å². The molecule has 2 fully saturated rings. The number of nitrogens with zero attached hydrogens (tertiary/aromatic N) is 4. The van der Waals surface area contributed by atoms with Crippen molar-refractivity contribution in [1.29, 1.82) is 0 Å². The minimum Gasteiger partial charge on any atom is -0.378 e. The van der Waals surface area contributed by atoms with Gasteiger partial charge in [0, 0.05) is 31.7 Å². The van der Waals surface area contributed by atoms with Gasteiger partial charge in [-0.2, -0.15) is 0 Å². The summed E-state index contributed by atoms with van der Waals surface area (Å²) in [5, 5.41) is 11.2. The highest BCUT2D eigenvalue weighted by molar-refractivity contribution is 8.01. The van der Waals surface area contributed by atoms with Crippen LogP contribution < -0.4 is 10.2 Å². The van der Waals surface area contributed by atoms with Gasteiger partial charge in [0.15, 0.2) is 4.34 Å². The first-order valence-corrected chi connectivity index (χ1v) is 11.8. The zero-order chi connectivity index (χ0) is 21.8. The molecule has 2 saturated heterocycles. The number of thioether (sulfide) groups is 1. The van der Waals surface area contributed by atoms with Crippen molar-refractivity contribution in [3.63, 3.8) is 0 Å². The molecule has 11 heteroatoms. The summed E-state index contributed by atoms with van der Waals surface area (Å²) in [5.41, 5.74) is 1.86. The second-order valence-corrected chi connectivity index (χ2v) is 9.59. The van der Waals surface area contributed by atoms with Crippen molar-refractivity contribution in [2.24, 2.45) is 5.92 Å². The number of hydrogen-bond acceptors (Lipinski definition) is 8. The van der Waals surface area contributed by atoms with E-state index in [-0.39, 0.29) is 29.9 Å². The number of aryl methyl sites for hydroxylation is 1. The minimum absolute atomic E-state index is 0.0368. The van der Waals surface area contributed by atoms with E-state index in [4.69, 9.17) is 4.74 Å². The first kappa shape index (κ1) is 21.7. The molecule has 2 aliphatic heterocycles. The molecule has 2 aromatic rings. The Morgan fingerprint density at radius 2 is 2.10 bits per heavy atom. The monoisotopic (exact) mass is 461 g/mol. The highest BCUT2D eigenvalue weighted by atomic mass is 32.2. The molecule has 1 aromatic carbocycles. The molecular formula is C20H23N5O4S2. The molecule has 3 amide bonds. The van der Waals surface area contributed by atoms with E-state index in [1.807, 2.05) is 31.2 Å². The Hall–Kier alpha value is -2.50. The summed E-state index contributed by atoms with van der Waals surface area (Å²) in [4.78, 5) is 40.7. The number of amides is 3. The molecule has 1 N–H and O–H groups in total. The number of carbonyl (C=O) groups is 3. The minimum atomic E-state index is -0.448. The second-order valence-electron chi connectivity index (χ2n) is 7.39. The Balaban J connectivity index is 1.29. The molecule has 4 rings (SSSR count). The quantitative estimate of drug-likeness (QED) is 0.517. The van der Waals surface area contributed by atoms with Crippen LogP contribution in [0.25, 0.3) is 0 Å². The SMILES string of the molecule is Cc1cccc(N2C[C@H](C(=O)Nc3nnc(SCC(=O)N4CCOCC4)s3)CC2=O)c1. The van der Waals surface area contributed by atoms with Crippen LogP contribution in [0.15, 0.2) is 28.6 Å². The third kappa shape index (κ3) is 5.41. The van der Waals surface area contributed by atoms with Gasteiger partial charge in [0.25, 0.3) is 0 Å². The molecular weight excluding hydrogens is 438 g/mol. The number of rotatable bonds is 6. The fourth-order valence-corrected chi connectivity index (χ4v) is 5.14. The fraction of sp³-hybridized carbons (Fsp3) is 0.450. The van der Waals surface area contributed by atoms with Crippen LogP contribution in [0.5, 0.6) is 0 Å². The standard InChI is InChI=1S/C20H23N5O4S2/c1-13-3-2-4-15(9-13)25-11-14(10-16(25)26)18(28)21-19-22-23-20(31-19)30-12-17(27)24-5-7-29-8-6-24/h2-4,9,14H,5-8,10-12H2,1H3,(H,21,22,28)/t14-/m1/s1. The van der Waals surface area contributed by atoms with Crippen molar-refractivity contribution < 1.29 is 19.1 Å². The van der Waals surface area contributed by atoms with Crippen molar-refractivity contribution >= 4 is 51.6 Å². The van der Waals surface area contributed by atoms with Crippen molar-refractivity contribution in [3.05, 3.63) is 29.8 Å². The van der Waals surface area contributed by atoms with Crippen molar-refractivity contribution in [1.82, 2.24) is 15.1 Å². The Kier molecular flexibility index (Phi) is 6.83. The van der Waals surface area contributed by atoms with Gasteiger partial charge in [0.05, 0.1) is 24.9 Å². The summed E-state index contributed by atoms with van der Waals surface area (Å²) in [6, 6.07) is 7.67. The maximum absolute atomic E-state index is 12.7. The average Bonchev–Trinajstić information content (AvgIpc) is 3.39. The Morgan fingerprint density at radius 3 is 2.87 bits per heavy atom. The van der Waals surface area contributed by atoms with Crippen LogP contribution in [-0.2, 0) is 19.1 Å². The number of morpholine rings is 1. The molecule has 1 aromatic heterocycles. The van der Waals surface area contributed by atoms with E-state index in [1.165, 1.54) is 23.1 Å². The van der Waals surface area contributed by atoms with E-state index in [2.05, 4.69) is 15.5 Å². The third-order valence-electron chi connectivity index (χ3n) is 5.13. The average molecular weight is 462 g/mol. The Labute approximate surface area is 188 Å². The van der Waals surface area contributed by atoms with Gasteiger partial charge < -0.3 is 19.9 Å². The number of benzene rings is 1. The van der Waals surface area contributed by atoms with Crippen LogP contribution in [0.4, 0.5) is 10.8 Å². The molecule has 2 aliphatic rings. The van der Waals surface area contributed by atoms with E-state index in [9.17, 15) is 14.4 Å². The first-order chi connectivity index (χ1) is 15.0. The van der Waals surface area contributed by atoms with Gasteiger partial charge >= 0.3 is 0 Å². The normalized spacial score (nSPS) is 19.0. The smallest absolute Gasteiger partial charge is 0.233 e. The lowest BCUT2D eigenvalue weighted by Gasteiger charge is -2.26. The van der Waals surface area contributed by atoms with Crippen molar-refractivity contribution in [2.45, 2.75) is 17.7 Å². The second kappa shape index (κ2) is 9.75. The number of anilines is 2. The lowest BCUT2D eigenvalue weighted by Crippen LogP contribution is -2.41. The fourth-order valence-electron chi connectivity index (χ4n) is 3.48. The third-order valence-corrected chi connectivity index (χ3v) is 7.09. The van der Waals surface area contributed by atoms with Crippen LogP contribution in [-0.4, -0.2) is 71.4 Å². The van der Waals surface area contributed by atoms with Crippen LogP contribution in [0.2, 0.25) is 0 Å². The molecule has 9 nitrogen and oxygen atoms in total. The molecule has 31 heavy (non-hydrogen) atoms. The van der Waals surface area contributed by atoms with Crippen LogP contribution in [0.1, 0.15) is 12.0 Å². The Morgan fingerprint density at radius 1 is 1.29 bits per heavy atom. The maximum Gasteiger partial charge on any atom is 0.233 e. The zero-order valence-corrected chi connectivity index (χ0v) is 18.7. The molecule has 1 atom stereocenters. The predicted molar refractivity (Wildman–Crippen MR) is 118 cm³/mol. The summed E-state index contributed by atoms with van der Waals surface area (Å²) in [6.07, 6.45) is 0.161. The number of nitrogens with one attached hydrogen (secondary N) is 1. The number of hydrogen-bond donors (Lipinski definition) is 1. The molecule has 0 saturated carbocycles. The van der Waals surface area contributed by atoms with E-state index < -0.39 is 5.92 Å². The maximum atomic E-state index is 12.7. The van der Waals surface area contributed by atoms with E-state index in [0.717, 1.165) is 11.3 Å². The number of carbonyl (C=O) groups excluding carboxylic acids is 3. The topological polar surface area (TPSA) is 105 Å². The van der Waals surface area contributed by atoms with Crippen molar-refractivity contribution in [2.75, 3.05) is 48.8 Å². The van der Waals surface area contributed by atoms with E-state index >= 15 is 0 Å². The largest absolute Gasteiger partial charge is 0.378 e. The molecule has 0 radical (unpaired) electrons. The molecule has 0 bridgehead atoms. The lowest BCUT2D eigenvalue weighted by molar-refractivity contribution is -0.132. The first-order valence-electron chi connectivity index (χ1n) is 9.99. The number of aromatic nitrogens is 2. The highest BCUT2D eigenvalue weighted by Gasteiger charge is 2.35. The van der Waals surface area contributed by atoms with Gasteiger partial charge in [-0.1, -0.05) is 35.2 Å². The summed E-state index contributed by atoms with van der Waals surface area (Å²) >= 11 is 2.52. The summed E-state index contributed by atoms with van der Waals surface area (Å²) in [7, 11) is 0. The lowest BCUT2D eigenvalue weighted by atomic mass is 10.1. The molecule has 3 heterocycles. The van der Waals surface area contributed by atoms with Crippen LogP contribution >= 0.6 is 23.1 Å². The Bertz CT molecular complexity index is 976. The van der Waals surface area contributed by atoms with Gasteiger partial charge in [0.2, 0.25) is 22.9 Å². The summed E-state index contributed by atoms with van der Waals surface area (Å²) < 4.78 is 5.87. The van der Waals surface area contributed by atoms with Crippen LogP contribution in [0.3, 0.4) is 0 Å². The predicted octanol–water partition coefficient (Wildman–Crippen LogP) is 1.79. The van der Waals surface area contributed by atoms with Crippen molar-refractivity contribution in [3.8, 4) is 0 Å². The summed E-state index contributed by atoms with van der Waals surface area (Å²) in [5.74, 6) is -0.460. The van der Waals surface area contributed by atoms with Gasteiger partial charge in [-0.3, -0.25) is 14.4 Å². The molecule has 0 aliphatic carbocycles. The van der Waals surface area contributed by atoms with Gasteiger partial charge in [-0.25, -0.2) is 0 Å². The number of ether oxygens (including phenoxy) is 1. The molecule has 0 spiro atoms. The molecule has 0 unspecified atom stereocenters.